The number of halogens is 2. The van der Waals surface area contributed by atoms with Crippen molar-refractivity contribution in [2.75, 3.05) is 5.73 Å². The highest BCUT2D eigenvalue weighted by Crippen LogP contribution is 2.26. The quantitative estimate of drug-likeness (QED) is 0.812. The zero-order chi connectivity index (χ0) is 14.0. The number of nitrogens with zero attached hydrogens (tertiary/aromatic N) is 1. The van der Waals surface area contributed by atoms with Gasteiger partial charge in [-0.3, -0.25) is 4.98 Å². The minimum Gasteiger partial charge on any atom is -0.398 e. The molecular weight excluding hydrogens is 357 g/mol. The van der Waals surface area contributed by atoms with Crippen molar-refractivity contribution in [3.05, 3.63) is 39.0 Å². The number of rotatable bonds is 4. The topological polar surface area (TPSA) is 85.1 Å². The predicted molar refractivity (Wildman–Crippen MR) is 74.7 cm³/mol. The zero-order valence-corrected chi connectivity index (χ0v) is 12.6. The molecule has 0 saturated carbocycles. The molecule has 0 amide bonds. The minimum atomic E-state index is -3.80. The van der Waals surface area contributed by atoms with Gasteiger partial charge in [-0.05, 0) is 28.1 Å². The molecular formula is C10H9BrFN3O2S2. The van der Waals surface area contributed by atoms with Gasteiger partial charge in [0.2, 0.25) is 10.0 Å². The fourth-order valence-corrected chi connectivity index (χ4v) is 3.61. The fourth-order valence-electron chi connectivity index (χ4n) is 1.35. The lowest BCUT2D eigenvalue weighted by atomic mass is 10.3. The van der Waals surface area contributed by atoms with Crippen LogP contribution in [0.1, 0.15) is 4.88 Å². The summed E-state index contributed by atoms with van der Waals surface area (Å²) < 4.78 is 39.8. The highest BCUT2D eigenvalue weighted by atomic mass is 79.9. The van der Waals surface area contributed by atoms with Gasteiger partial charge in [-0.2, -0.15) is 0 Å². The molecule has 1 aromatic carbocycles. The normalized spacial score (nSPS) is 11.7. The van der Waals surface area contributed by atoms with E-state index in [1.54, 1.807) is 11.7 Å². The molecule has 0 bridgehead atoms. The summed E-state index contributed by atoms with van der Waals surface area (Å²) in [6, 6.07) is 2.10. The molecule has 19 heavy (non-hydrogen) atoms. The van der Waals surface area contributed by atoms with E-state index in [9.17, 15) is 12.8 Å². The number of thiazole rings is 1. The molecule has 0 aliphatic rings. The number of anilines is 1. The van der Waals surface area contributed by atoms with Gasteiger partial charge in [0.1, 0.15) is 10.7 Å². The Bertz CT molecular complexity index is 689. The molecule has 2 aromatic rings. The molecule has 0 radical (unpaired) electrons. The fraction of sp³-hybridized carbons (Fsp3) is 0.100. The molecule has 0 spiro atoms. The first-order valence-corrected chi connectivity index (χ1v) is 8.17. The monoisotopic (exact) mass is 365 g/mol. The molecule has 9 heteroatoms. The first-order valence-electron chi connectivity index (χ1n) is 5.01. The van der Waals surface area contributed by atoms with Crippen LogP contribution in [0.2, 0.25) is 0 Å². The van der Waals surface area contributed by atoms with Crippen LogP contribution in [0.15, 0.2) is 33.2 Å². The summed E-state index contributed by atoms with van der Waals surface area (Å²) in [6.07, 6.45) is 1.57. The Balaban J connectivity index is 2.27. The molecule has 1 heterocycles. The number of nitrogens with two attached hydrogens (primary N) is 1. The maximum absolute atomic E-state index is 13.2. The van der Waals surface area contributed by atoms with Crippen LogP contribution in [0.5, 0.6) is 0 Å². The lowest BCUT2D eigenvalue weighted by Crippen LogP contribution is -2.24. The molecule has 5 nitrogen and oxygen atoms in total. The maximum atomic E-state index is 13.2. The number of nitrogens with one attached hydrogen (secondary N) is 1. The van der Waals surface area contributed by atoms with Gasteiger partial charge in [0.05, 0.1) is 15.7 Å². The van der Waals surface area contributed by atoms with Crippen LogP contribution in [0, 0.1) is 5.82 Å². The molecule has 0 fully saturated rings. The second kappa shape index (κ2) is 5.53. The summed E-state index contributed by atoms with van der Waals surface area (Å²) in [7, 11) is -3.80. The smallest absolute Gasteiger partial charge is 0.242 e. The van der Waals surface area contributed by atoms with Crippen molar-refractivity contribution < 1.29 is 12.8 Å². The number of hydrogen-bond donors (Lipinski definition) is 2. The van der Waals surface area contributed by atoms with Crippen molar-refractivity contribution in [1.29, 1.82) is 0 Å². The van der Waals surface area contributed by atoms with E-state index in [4.69, 9.17) is 5.73 Å². The van der Waals surface area contributed by atoms with Gasteiger partial charge in [0.15, 0.2) is 0 Å². The molecule has 1 aromatic heterocycles. The Morgan fingerprint density at radius 1 is 1.47 bits per heavy atom. The standard InChI is InChI=1S/C10H9BrFN3O2S2/c11-7-1-10(9(13)2-8(7)12)19(16,17)15-4-6-3-14-5-18-6/h1-3,5,15H,4,13H2. The van der Waals surface area contributed by atoms with Crippen LogP contribution < -0.4 is 10.5 Å². The number of hydrogen-bond acceptors (Lipinski definition) is 5. The van der Waals surface area contributed by atoms with Crippen molar-refractivity contribution in [2.45, 2.75) is 11.4 Å². The summed E-state index contributed by atoms with van der Waals surface area (Å²) in [5.74, 6) is -0.612. The van der Waals surface area contributed by atoms with Crippen LogP contribution in [0.4, 0.5) is 10.1 Å². The van der Waals surface area contributed by atoms with Gasteiger partial charge in [0.25, 0.3) is 0 Å². The van der Waals surface area contributed by atoms with Crippen molar-refractivity contribution >= 4 is 43.0 Å². The third-order valence-electron chi connectivity index (χ3n) is 2.26. The van der Waals surface area contributed by atoms with Crippen LogP contribution in [-0.2, 0) is 16.6 Å². The van der Waals surface area contributed by atoms with E-state index in [1.807, 2.05) is 0 Å². The summed E-state index contributed by atoms with van der Waals surface area (Å²) in [5, 5.41) is 0. The minimum absolute atomic E-state index is 0.0415. The molecule has 0 aliphatic heterocycles. The van der Waals surface area contributed by atoms with Gasteiger partial charge >= 0.3 is 0 Å². The van der Waals surface area contributed by atoms with Gasteiger partial charge in [0, 0.05) is 17.6 Å². The Morgan fingerprint density at radius 2 is 2.21 bits per heavy atom. The van der Waals surface area contributed by atoms with Crippen molar-refractivity contribution in [3.63, 3.8) is 0 Å². The zero-order valence-electron chi connectivity index (χ0n) is 9.43. The lowest BCUT2D eigenvalue weighted by Gasteiger charge is -2.09. The summed E-state index contributed by atoms with van der Waals surface area (Å²) in [6.45, 7) is 0.113. The third kappa shape index (κ3) is 3.30. The Kier molecular flexibility index (Phi) is 4.19. The first kappa shape index (κ1) is 14.4. The maximum Gasteiger partial charge on any atom is 0.242 e. The summed E-state index contributed by atoms with van der Waals surface area (Å²) in [5.41, 5.74) is 7.00. The van der Waals surface area contributed by atoms with E-state index < -0.39 is 15.8 Å². The molecule has 3 N–H and O–H groups in total. The van der Waals surface area contributed by atoms with E-state index in [-0.39, 0.29) is 21.6 Å². The van der Waals surface area contributed by atoms with Crippen LogP contribution >= 0.6 is 27.3 Å². The Hall–Kier alpha value is -1.03. The Morgan fingerprint density at radius 3 is 2.84 bits per heavy atom. The Labute approximate surface area is 121 Å². The van der Waals surface area contributed by atoms with Crippen molar-refractivity contribution in [3.8, 4) is 0 Å². The van der Waals surface area contributed by atoms with E-state index in [0.29, 0.717) is 0 Å². The summed E-state index contributed by atoms with van der Waals surface area (Å²) >= 11 is 4.26. The van der Waals surface area contributed by atoms with Gasteiger partial charge in [-0.1, -0.05) is 0 Å². The number of sulfonamides is 1. The number of benzene rings is 1. The SMILES string of the molecule is Nc1cc(F)c(Br)cc1S(=O)(=O)NCc1cncs1. The van der Waals surface area contributed by atoms with Crippen LogP contribution in [-0.4, -0.2) is 13.4 Å². The lowest BCUT2D eigenvalue weighted by molar-refractivity contribution is 0.581. The molecule has 0 unspecified atom stereocenters. The summed E-state index contributed by atoms with van der Waals surface area (Å²) in [4.78, 5) is 4.45. The number of nitrogen functional groups attached to an aromatic ring is 1. The molecule has 2 rings (SSSR count). The second-order valence-corrected chi connectivity index (χ2v) is 7.16. The van der Waals surface area contributed by atoms with Gasteiger partial charge in [-0.15, -0.1) is 11.3 Å². The second-order valence-electron chi connectivity index (χ2n) is 3.60. The highest BCUT2D eigenvalue weighted by Gasteiger charge is 2.19. The van der Waals surface area contributed by atoms with E-state index in [2.05, 4.69) is 25.6 Å². The molecule has 0 aliphatic carbocycles. The average molecular weight is 366 g/mol. The van der Waals surface area contributed by atoms with Crippen LogP contribution in [0.25, 0.3) is 0 Å². The average Bonchev–Trinajstić information content (AvgIpc) is 2.84. The number of aromatic nitrogens is 1. The first-order chi connectivity index (χ1) is 8.90. The largest absolute Gasteiger partial charge is 0.398 e. The predicted octanol–water partition coefficient (Wildman–Crippen LogP) is 2.11. The van der Waals surface area contributed by atoms with Crippen molar-refractivity contribution in [1.82, 2.24) is 9.71 Å². The van der Waals surface area contributed by atoms with E-state index >= 15 is 0 Å². The highest BCUT2D eigenvalue weighted by molar-refractivity contribution is 9.10. The van der Waals surface area contributed by atoms with Crippen LogP contribution in [0.3, 0.4) is 0 Å². The molecule has 102 valence electrons. The van der Waals surface area contributed by atoms with Gasteiger partial charge in [-0.25, -0.2) is 17.5 Å². The van der Waals surface area contributed by atoms with E-state index in [1.165, 1.54) is 11.3 Å². The van der Waals surface area contributed by atoms with Gasteiger partial charge < -0.3 is 5.73 Å². The van der Waals surface area contributed by atoms with E-state index in [0.717, 1.165) is 17.0 Å². The van der Waals surface area contributed by atoms with Crippen molar-refractivity contribution in [2.24, 2.45) is 0 Å². The molecule has 0 atom stereocenters. The molecule has 0 saturated heterocycles. The third-order valence-corrected chi connectivity index (χ3v) is 5.11.